The highest BCUT2D eigenvalue weighted by molar-refractivity contribution is 5.89. The van der Waals surface area contributed by atoms with Crippen LogP contribution in [0.15, 0.2) is 48.5 Å². The van der Waals surface area contributed by atoms with E-state index in [1.807, 2.05) is 0 Å². The third kappa shape index (κ3) is 9.36. The summed E-state index contributed by atoms with van der Waals surface area (Å²) >= 11 is 0. The molecule has 0 saturated heterocycles. The zero-order valence-corrected chi connectivity index (χ0v) is 18.5. The first-order valence-electron chi connectivity index (χ1n) is 10.6. The molecule has 8 heteroatoms. The van der Waals surface area contributed by atoms with Crippen molar-refractivity contribution in [2.45, 2.75) is 13.8 Å². The normalized spacial score (nSPS) is 10.4. The molecule has 0 aromatic heterocycles. The van der Waals surface area contributed by atoms with E-state index in [0.29, 0.717) is 75.5 Å². The standard InChI is InChI=1S/C24H30O8/c1-3-29-23(25)19-5-9-21(10-6-19)31-17-15-27-13-14-28-16-18-32-22-11-7-20(8-12-22)24(26)30-4-2/h5-12H,3-4,13-18H2,1-2H3. The molecular formula is C24H30O8. The van der Waals surface area contributed by atoms with Crippen LogP contribution in [0, 0.1) is 0 Å². The number of benzene rings is 2. The first-order chi connectivity index (χ1) is 15.6. The molecule has 0 N–H and O–H groups in total. The van der Waals surface area contributed by atoms with Gasteiger partial charge in [-0.15, -0.1) is 0 Å². The maximum atomic E-state index is 11.6. The molecule has 0 unspecified atom stereocenters. The van der Waals surface area contributed by atoms with Gasteiger partial charge in [-0.25, -0.2) is 9.59 Å². The molecule has 8 nitrogen and oxygen atoms in total. The second-order valence-electron chi connectivity index (χ2n) is 6.41. The molecule has 2 rings (SSSR count). The second kappa shape index (κ2) is 14.8. The molecule has 0 bridgehead atoms. The van der Waals surface area contributed by atoms with Crippen LogP contribution >= 0.6 is 0 Å². The van der Waals surface area contributed by atoms with Crippen LogP contribution in [0.3, 0.4) is 0 Å². The van der Waals surface area contributed by atoms with Gasteiger partial charge >= 0.3 is 11.9 Å². The van der Waals surface area contributed by atoms with Crippen molar-refractivity contribution >= 4 is 11.9 Å². The quantitative estimate of drug-likeness (QED) is 0.303. The van der Waals surface area contributed by atoms with Crippen LogP contribution in [-0.2, 0) is 18.9 Å². The Morgan fingerprint density at radius 3 is 1.25 bits per heavy atom. The van der Waals surface area contributed by atoms with Crippen LogP contribution in [0.5, 0.6) is 11.5 Å². The number of hydrogen-bond acceptors (Lipinski definition) is 8. The summed E-state index contributed by atoms with van der Waals surface area (Å²) in [6.07, 6.45) is 0. The van der Waals surface area contributed by atoms with Gasteiger partial charge in [-0.1, -0.05) is 0 Å². The average Bonchev–Trinajstić information content (AvgIpc) is 2.81. The van der Waals surface area contributed by atoms with E-state index in [1.165, 1.54) is 0 Å². The number of ether oxygens (including phenoxy) is 6. The molecule has 0 radical (unpaired) electrons. The van der Waals surface area contributed by atoms with Crippen molar-refractivity contribution in [1.82, 2.24) is 0 Å². The van der Waals surface area contributed by atoms with Gasteiger partial charge in [-0.05, 0) is 62.4 Å². The Morgan fingerprint density at radius 2 is 0.906 bits per heavy atom. The van der Waals surface area contributed by atoms with Gasteiger partial charge < -0.3 is 28.4 Å². The highest BCUT2D eigenvalue weighted by Gasteiger charge is 2.06. The Balaban J connectivity index is 1.47. The van der Waals surface area contributed by atoms with Crippen LogP contribution in [0.25, 0.3) is 0 Å². The van der Waals surface area contributed by atoms with Gasteiger partial charge in [0.2, 0.25) is 0 Å². The van der Waals surface area contributed by atoms with Crippen molar-refractivity contribution in [3.63, 3.8) is 0 Å². The topological polar surface area (TPSA) is 89.5 Å². The maximum absolute atomic E-state index is 11.6. The predicted molar refractivity (Wildman–Crippen MR) is 117 cm³/mol. The van der Waals surface area contributed by atoms with E-state index in [2.05, 4.69) is 0 Å². The van der Waals surface area contributed by atoms with E-state index >= 15 is 0 Å². The molecule has 0 aliphatic heterocycles. The van der Waals surface area contributed by atoms with Gasteiger partial charge in [0.05, 0.1) is 50.8 Å². The van der Waals surface area contributed by atoms with E-state index in [4.69, 9.17) is 28.4 Å². The lowest BCUT2D eigenvalue weighted by Gasteiger charge is -2.09. The summed E-state index contributed by atoms with van der Waals surface area (Å²) in [6, 6.07) is 13.5. The zero-order valence-electron chi connectivity index (χ0n) is 18.5. The minimum atomic E-state index is -0.348. The van der Waals surface area contributed by atoms with E-state index in [1.54, 1.807) is 62.4 Å². The summed E-state index contributed by atoms with van der Waals surface area (Å²) in [5.41, 5.74) is 0.982. The van der Waals surface area contributed by atoms with Crippen molar-refractivity contribution in [2.24, 2.45) is 0 Å². The summed E-state index contributed by atoms with van der Waals surface area (Å²) in [4.78, 5) is 23.2. The maximum Gasteiger partial charge on any atom is 0.338 e. The van der Waals surface area contributed by atoms with Gasteiger partial charge in [0.25, 0.3) is 0 Å². The molecule has 0 atom stereocenters. The predicted octanol–water partition coefficient (Wildman–Crippen LogP) is 3.53. The second-order valence-corrected chi connectivity index (χ2v) is 6.41. The molecule has 0 saturated carbocycles. The summed E-state index contributed by atoms with van der Waals surface area (Å²) in [7, 11) is 0. The molecule has 32 heavy (non-hydrogen) atoms. The van der Waals surface area contributed by atoms with Gasteiger partial charge in [-0.3, -0.25) is 0 Å². The third-order valence-corrected chi connectivity index (χ3v) is 4.10. The number of rotatable bonds is 15. The Morgan fingerprint density at radius 1 is 0.562 bits per heavy atom. The van der Waals surface area contributed by atoms with Crippen LogP contribution in [-0.4, -0.2) is 64.8 Å². The Hall–Kier alpha value is -3.10. The molecule has 0 spiro atoms. The van der Waals surface area contributed by atoms with Crippen molar-refractivity contribution in [2.75, 3.05) is 52.9 Å². The van der Waals surface area contributed by atoms with Crippen LogP contribution in [0.1, 0.15) is 34.6 Å². The molecular weight excluding hydrogens is 416 g/mol. The summed E-state index contributed by atoms with van der Waals surface area (Å²) in [5.74, 6) is 0.620. The third-order valence-electron chi connectivity index (χ3n) is 4.10. The van der Waals surface area contributed by atoms with Gasteiger partial charge in [0, 0.05) is 0 Å². The van der Waals surface area contributed by atoms with Crippen molar-refractivity contribution in [3.8, 4) is 11.5 Å². The molecule has 2 aromatic carbocycles. The molecule has 0 aliphatic rings. The lowest BCUT2D eigenvalue weighted by molar-refractivity contribution is 0.0273. The number of carbonyl (C=O) groups is 2. The monoisotopic (exact) mass is 446 g/mol. The average molecular weight is 446 g/mol. The number of hydrogen-bond donors (Lipinski definition) is 0. The highest BCUT2D eigenvalue weighted by Crippen LogP contribution is 2.14. The summed E-state index contributed by atoms with van der Waals surface area (Å²) in [5, 5.41) is 0. The molecule has 2 aromatic rings. The zero-order chi connectivity index (χ0) is 23.0. The van der Waals surface area contributed by atoms with Gasteiger partial charge in [0.1, 0.15) is 24.7 Å². The van der Waals surface area contributed by atoms with Gasteiger partial charge in [-0.2, -0.15) is 0 Å². The molecule has 0 heterocycles. The summed E-state index contributed by atoms with van der Waals surface area (Å²) in [6.45, 7) is 6.74. The largest absolute Gasteiger partial charge is 0.491 e. The number of esters is 2. The molecule has 0 aliphatic carbocycles. The van der Waals surface area contributed by atoms with Crippen molar-refractivity contribution in [1.29, 1.82) is 0 Å². The minimum absolute atomic E-state index is 0.345. The van der Waals surface area contributed by atoms with Crippen molar-refractivity contribution in [3.05, 3.63) is 59.7 Å². The fourth-order valence-electron chi connectivity index (χ4n) is 2.56. The number of carbonyl (C=O) groups excluding carboxylic acids is 2. The molecule has 0 fully saturated rings. The highest BCUT2D eigenvalue weighted by atomic mass is 16.6. The Bertz CT molecular complexity index is 732. The van der Waals surface area contributed by atoms with Crippen LogP contribution in [0.2, 0.25) is 0 Å². The van der Waals surface area contributed by atoms with Crippen LogP contribution in [0.4, 0.5) is 0 Å². The minimum Gasteiger partial charge on any atom is -0.491 e. The Kier molecular flexibility index (Phi) is 11.7. The smallest absolute Gasteiger partial charge is 0.338 e. The van der Waals surface area contributed by atoms with E-state index < -0.39 is 0 Å². The lowest BCUT2D eigenvalue weighted by Crippen LogP contribution is -2.13. The fourth-order valence-corrected chi connectivity index (χ4v) is 2.56. The fraction of sp³-hybridized carbons (Fsp3) is 0.417. The molecule has 0 amide bonds. The SMILES string of the molecule is CCOC(=O)c1ccc(OCCOCCOCCOc2ccc(C(=O)OCC)cc2)cc1. The lowest BCUT2D eigenvalue weighted by atomic mass is 10.2. The van der Waals surface area contributed by atoms with Crippen LogP contribution < -0.4 is 9.47 Å². The summed E-state index contributed by atoms with van der Waals surface area (Å²) < 4.78 is 31.9. The Labute approximate surface area is 188 Å². The van der Waals surface area contributed by atoms with Crippen molar-refractivity contribution < 1.29 is 38.0 Å². The molecule has 174 valence electrons. The van der Waals surface area contributed by atoms with Gasteiger partial charge in [0.15, 0.2) is 0 Å². The first-order valence-corrected chi connectivity index (χ1v) is 10.6. The van der Waals surface area contributed by atoms with E-state index in [9.17, 15) is 9.59 Å². The first kappa shape index (κ1) is 25.2. The van der Waals surface area contributed by atoms with E-state index in [-0.39, 0.29) is 11.9 Å². The van der Waals surface area contributed by atoms with E-state index in [0.717, 1.165) is 0 Å².